The van der Waals surface area contributed by atoms with Gasteiger partial charge >= 0.3 is 12.1 Å². The Hall–Kier alpha value is -2.23. The molecule has 0 saturated carbocycles. The Balaban J connectivity index is 0.000000298. The molecule has 0 aromatic carbocycles. The molecule has 0 radical (unpaired) electrons. The minimum atomic E-state index is -5.08. The molecule has 4 rings (SSSR count). The first-order valence-corrected chi connectivity index (χ1v) is 10.2. The van der Waals surface area contributed by atoms with Crippen molar-refractivity contribution in [1.29, 1.82) is 0 Å². The van der Waals surface area contributed by atoms with Crippen molar-refractivity contribution in [2.24, 2.45) is 0 Å². The Morgan fingerprint density at radius 2 is 2.07 bits per heavy atom. The van der Waals surface area contributed by atoms with Crippen molar-refractivity contribution in [3.8, 4) is 5.75 Å². The number of aliphatic carboxylic acids is 1. The van der Waals surface area contributed by atoms with E-state index in [0.29, 0.717) is 0 Å². The molecule has 158 valence electrons. The standard InChI is InChI=1S/C17H20N2O2S.C2HF3O2/c20-16(13-4-1-2-5-13)19-11-17(12-19)8-15(10-22-17)21-14-6-3-7-18-9-14;3-2(4,5)1(6)7/h3-4,6-7,9,15H,1-2,5,8,10-12H2;(H,6,7). The van der Waals surface area contributed by atoms with Gasteiger partial charge in [-0.1, -0.05) is 6.08 Å². The number of aromatic nitrogens is 1. The zero-order chi connectivity index (χ0) is 21.1. The average Bonchev–Trinajstić information content (AvgIpc) is 3.31. The van der Waals surface area contributed by atoms with Crippen molar-refractivity contribution < 1.29 is 32.6 Å². The molecule has 1 atom stereocenters. The van der Waals surface area contributed by atoms with E-state index in [1.807, 2.05) is 28.8 Å². The number of rotatable bonds is 3. The van der Waals surface area contributed by atoms with E-state index in [-0.39, 0.29) is 16.8 Å². The number of carbonyl (C=O) groups excluding carboxylic acids is 1. The Morgan fingerprint density at radius 3 is 2.62 bits per heavy atom. The molecule has 29 heavy (non-hydrogen) atoms. The van der Waals surface area contributed by atoms with Crippen LogP contribution >= 0.6 is 11.8 Å². The van der Waals surface area contributed by atoms with Gasteiger partial charge in [-0.15, -0.1) is 11.8 Å². The van der Waals surface area contributed by atoms with E-state index in [2.05, 4.69) is 11.1 Å². The summed E-state index contributed by atoms with van der Waals surface area (Å²) in [6.45, 7) is 1.75. The third kappa shape index (κ3) is 5.43. The van der Waals surface area contributed by atoms with E-state index in [9.17, 15) is 18.0 Å². The summed E-state index contributed by atoms with van der Waals surface area (Å²) in [6, 6.07) is 3.85. The molecule has 3 aliphatic rings. The summed E-state index contributed by atoms with van der Waals surface area (Å²) in [7, 11) is 0. The van der Waals surface area contributed by atoms with Gasteiger partial charge in [0, 0.05) is 37.0 Å². The number of thioether (sulfide) groups is 1. The molecule has 2 fully saturated rings. The quantitative estimate of drug-likeness (QED) is 0.793. The van der Waals surface area contributed by atoms with Crippen LogP contribution in [0.15, 0.2) is 36.2 Å². The van der Waals surface area contributed by atoms with Gasteiger partial charge in [-0.25, -0.2) is 4.79 Å². The van der Waals surface area contributed by atoms with E-state index in [1.165, 1.54) is 0 Å². The highest BCUT2D eigenvalue weighted by Gasteiger charge is 2.51. The molecule has 6 nitrogen and oxygen atoms in total. The lowest BCUT2D eigenvalue weighted by Crippen LogP contribution is -2.61. The maximum atomic E-state index is 12.3. The minimum Gasteiger partial charge on any atom is -0.488 e. The number of halogens is 3. The lowest BCUT2D eigenvalue weighted by Gasteiger charge is -2.47. The third-order valence-corrected chi connectivity index (χ3v) is 6.49. The predicted molar refractivity (Wildman–Crippen MR) is 101 cm³/mol. The van der Waals surface area contributed by atoms with Gasteiger partial charge in [-0.3, -0.25) is 9.78 Å². The van der Waals surface area contributed by atoms with Gasteiger partial charge in [-0.2, -0.15) is 13.2 Å². The normalized spacial score (nSPS) is 22.4. The van der Waals surface area contributed by atoms with Crippen LogP contribution in [0, 0.1) is 0 Å². The van der Waals surface area contributed by atoms with Gasteiger partial charge in [0.15, 0.2) is 0 Å². The van der Waals surface area contributed by atoms with E-state index in [4.69, 9.17) is 14.6 Å². The van der Waals surface area contributed by atoms with Crippen LogP contribution in [-0.2, 0) is 9.59 Å². The number of nitrogens with zero attached hydrogens (tertiary/aromatic N) is 2. The van der Waals surface area contributed by atoms with Crippen LogP contribution in [0.1, 0.15) is 25.7 Å². The summed E-state index contributed by atoms with van der Waals surface area (Å²) < 4.78 is 38.0. The minimum absolute atomic E-state index is 0.224. The lowest BCUT2D eigenvalue weighted by molar-refractivity contribution is -0.192. The third-order valence-electron chi connectivity index (χ3n) is 4.92. The highest BCUT2D eigenvalue weighted by atomic mass is 32.2. The van der Waals surface area contributed by atoms with Crippen molar-refractivity contribution in [2.45, 2.75) is 42.7 Å². The number of carbonyl (C=O) groups is 2. The molecule has 1 aliphatic carbocycles. The smallest absolute Gasteiger partial charge is 0.488 e. The SMILES string of the molecule is O=C(C1=CCCC1)N1CC2(CC(Oc3cccnc3)CS2)C1.O=C(O)C(F)(F)F. The van der Waals surface area contributed by atoms with Crippen LogP contribution in [0.2, 0.25) is 0 Å². The number of pyridine rings is 1. The fourth-order valence-corrected chi connectivity index (χ4v) is 5.09. The molecule has 1 N–H and O–H groups in total. The first-order chi connectivity index (χ1) is 13.7. The highest BCUT2D eigenvalue weighted by Crippen LogP contribution is 2.46. The Labute approximate surface area is 170 Å². The largest absolute Gasteiger partial charge is 0.490 e. The molecule has 1 aromatic heterocycles. The molecule has 1 amide bonds. The Bertz CT molecular complexity index is 779. The summed E-state index contributed by atoms with van der Waals surface area (Å²) in [5, 5.41) is 7.12. The molecular formula is C19H21F3N2O4S. The number of ether oxygens (including phenoxy) is 1. The maximum Gasteiger partial charge on any atom is 0.490 e. The van der Waals surface area contributed by atoms with Crippen molar-refractivity contribution in [3.05, 3.63) is 36.2 Å². The van der Waals surface area contributed by atoms with Crippen LogP contribution in [0.25, 0.3) is 0 Å². The van der Waals surface area contributed by atoms with Gasteiger partial charge in [-0.05, 0) is 31.4 Å². The van der Waals surface area contributed by atoms with E-state index in [0.717, 1.165) is 55.8 Å². The zero-order valence-electron chi connectivity index (χ0n) is 15.5. The molecule has 1 aromatic rings. The number of allylic oxidation sites excluding steroid dienone is 1. The Kier molecular flexibility index (Phi) is 6.40. The van der Waals surface area contributed by atoms with Crippen LogP contribution in [0.5, 0.6) is 5.75 Å². The fourth-order valence-electron chi connectivity index (χ4n) is 3.57. The molecule has 10 heteroatoms. The summed E-state index contributed by atoms with van der Waals surface area (Å²) in [5.41, 5.74) is 1.03. The van der Waals surface area contributed by atoms with Crippen LogP contribution < -0.4 is 4.74 Å². The molecule has 2 aliphatic heterocycles. The fraction of sp³-hybridized carbons (Fsp3) is 0.526. The number of amides is 1. The maximum absolute atomic E-state index is 12.3. The van der Waals surface area contributed by atoms with E-state index < -0.39 is 12.1 Å². The number of hydrogen-bond donors (Lipinski definition) is 1. The van der Waals surface area contributed by atoms with Crippen LogP contribution in [-0.4, -0.2) is 62.7 Å². The van der Waals surface area contributed by atoms with Gasteiger partial charge in [0.2, 0.25) is 5.91 Å². The molecule has 0 bridgehead atoms. The second kappa shape index (κ2) is 8.64. The van der Waals surface area contributed by atoms with Crippen molar-refractivity contribution in [2.75, 3.05) is 18.8 Å². The summed E-state index contributed by atoms with van der Waals surface area (Å²) in [6.07, 6.45) is 4.97. The Morgan fingerprint density at radius 1 is 1.34 bits per heavy atom. The first-order valence-electron chi connectivity index (χ1n) is 9.18. The number of carboxylic acids is 1. The second-order valence-electron chi connectivity index (χ2n) is 7.21. The summed E-state index contributed by atoms with van der Waals surface area (Å²) in [4.78, 5) is 27.3. The predicted octanol–water partition coefficient (Wildman–Crippen LogP) is 3.29. The summed E-state index contributed by atoms with van der Waals surface area (Å²) in [5.74, 6) is -0.652. The topological polar surface area (TPSA) is 79.7 Å². The average molecular weight is 430 g/mol. The van der Waals surface area contributed by atoms with Crippen molar-refractivity contribution >= 4 is 23.6 Å². The van der Waals surface area contributed by atoms with E-state index in [1.54, 1.807) is 12.4 Å². The van der Waals surface area contributed by atoms with Gasteiger partial charge in [0.05, 0.1) is 10.9 Å². The van der Waals surface area contributed by atoms with Gasteiger partial charge in [0.1, 0.15) is 11.9 Å². The molecule has 3 heterocycles. The number of alkyl halides is 3. The van der Waals surface area contributed by atoms with Crippen LogP contribution in [0.3, 0.4) is 0 Å². The van der Waals surface area contributed by atoms with Crippen molar-refractivity contribution in [3.63, 3.8) is 0 Å². The van der Waals surface area contributed by atoms with Gasteiger partial charge in [0.25, 0.3) is 0 Å². The van der Waals surface area contributed by atoms with Gasteiger partial charge < -0.3 is 14.7 Å². The number of carboxylic acid groups (broad SMARTS) is 1. The van der Waals surface area contributed by atoms with Crippen LogP contribution in [0.4, 0.5) is 13.2 Å². The number of hydrogen-bond acceptors (Lipinski definition) is 5. The van der Waals surface area contributed by atoms with E-state index >= 15 is 0 Å². The highest BCUT2D eigenvalue weighted by molar-refractivity contribution is 8.01. The molecular weight excluding hydrogens is 409 g/mol. The molecule has 1 unspecified atom stereocenters. The second-order valence-corrected chi connectivity index (χ2v) is 8.70. The first kappa shape index (κ1) is 21.5. The zero-order valence-corrected chi connectivity index (χ0v) is 16.3. The monoisotopic (exact) mass is 430 g/mol. The summed E-state index contributed by atoms with van der Waals surface area (Å²) >= 11 is 1.96. The van der Waals surface area contributed by atoms with Crippen molar-refractivity contribution in [1.82, 2.24) is 9.88 Å². The molecule has 1 spiro atoms. The lowest BCUT2D eigenvalue weighted by atomic mass is 9.92. The number of likely N-dealkylation sites (tertiary alicyclic amines) is 1. The molecule has 2 saturated heterocycles.